The molecule has 27 heavy (non-hydrogen) atoms. The van der Waals surface area contributed by atoms with Gasteiger partial charge in [-0.3, -0.25) is 0 Å². The van der Waals surface area contributed by atoms with E-state index in [1.165, 1.54) is 27.8 Å². The second-order valence-corrected chi connectivity index (χ2v) is 38.2. The van der Waals surface area contributed by atoms with E-state index in [0.29, 0.717) is 3.63 Å². The molecule has 0 saturated heterocycles. The molecule has 5 heteroatoms. The van der Waals surface area contributed by atoms with Gasteiger partial charge in [-0.1, -0.05) is 0 Å². The zero-order valence-electron chi connectivity index (χ0n) is 15.9. The zero-order valence-corrected chi connectivity index (χ0v) is 21.4. The Bertz CT molecular complexity index is 942. The molecule has 4 rings (SSSR count). The molecule has 144 valence electrons. The van der Waals surface area contributed by atoms with Gasteiger partial charge in [-0.25, -0.2) is 0 Å². The Labute approximate surface area is 177 Å². The van der Waals surface area contributed by atoms with Crippen LogP contribution >= 0.6 is 24.8 Å². The van der Waals surface area contributed by atoms with Crippen LogP contribution < -0.4 is 0 Å². The molecule has 2 aliphatic rings. The van der Waals surface area contributed by atoms with Crippen LogP contribution in [0.25, 0.3) is 11.1 Å². The minimum atomic E-state index is -3.22. The summed E-state index contributed by atoms with van der Waals surface area (Å²) in [6.45, 7) is 2.58. The second-order valence-electron chi connectivity index (χ2n) is 8.54. The van der Waals surface area contributed by atoms with Gasteiger partial charge in [-0.2, -0.15) is 0 Å². The fourth-order valence-electron chi connectivity index (χ4n) is 4.80. The molecule has 2 aliphatic carbocycles. The average molecular weight is 499 g/mol. The standard InChI is InChI=1S/C13H9.C7H9O.2CH3.2ClH.H2Si.Zr/c1-3-7-12-10(5-1)9-11-6-2-4-8-13(11)12;8-6-5-7-3-1-2-4-7;;;;;;/h1-9H;3-4,8H,1,5-6H2;2*1H3;2*1H;1H2;. The molecule has 2 aromatic carbocycles. The Morgan fingerprint density at radius 1 is 0.963 bits per heavy atom. The molecule has 0 spiro atoms. The summed E-state index contributed by atoms with van der Waals surface area (Å²) in [6, 6.07) is 18.0. The van der Waals surface area contributed by atoms with Crippen LogP contribution in [0.2, 0.25) is 9.26 Å². The third kappa shape index (κ3) is 3.74. The molecular formula is C22H28Cl2OSiZr. The van der Waals surface area contributed by atoms with Crippen molar-refractivity contribution >= 4 is 31.7 Å². The summed E-state index contributed by atoms with van der Waals surface area (Å²) in [5.74, 6) is 0. The van der Waals surface area contributed by atoms with Crippen LogP contribution in [-0.4, -0.2) is 18.6 Å². The summed E-state index contributed by atoms with van der Waals surface area (Å²) in [5.41, 5.74) is 7.26. The predicted molar refractivity (Wildman–Crippen MR) is 121 cm³/mol. The summed E-state index contributed by atoms with van der Waals surface area (Å²) in [6.07, 6.45) is 6.64. The van der Waals surface area contributed by atoms with E-state index in [1.54, 1.807) is 3.28 Å². The topological polar surface area (TPSA) is 20.2 Å². The second kappa shape index (κ2) is 8.13. The molecule has 2 aromatic rings. The van der Waals surface area contributed by atoms with E-state index in [1.807, 2.05) is 0 Å². The van der Waals surface area contributed by atoms with Crippen LogP contribution in [0.5, 0.6) is 0 Å². The van der Waals surface area contributed by atoms with Crippen molar-refractivity contribution in [3.8, 4) is 11.1 Å². The first-order chi connectivity index (χ1) is 11.9. The van der Waals surface area contributed by atoms with Gasteiger partial charge in [0.1, 0.15) is 0 Å². The Morgan fingerprint density at radius 3 is 2.00 bits per heavy atom. The summed E-state index contributed by atoms with van der Waals surface area (Å²) in [5, 5.41) is 9.30. The number of aliphatic hydroxyl groups is 1. The van der Waals surface area contributed by atoms with E-state index < -0.39 is 17.4 Å². The van der Waals surface area contributed by atoms with Gasteiger partial charge >= 0.3 is 154 Å². The number of aliphatic hydroxyl groups excluding tert-OH is 1. The van der Waals surface area contributed by atoms with Crippen molar-refractivity contribution in [3.63, 3.8) is 0 Å². The number of hydrogen-bond acceptors (Lipinski definition) is 1. The van der Waals surface area contributed by atoms with Gasteiger partial charge in [-0.05, 0) is 0 Å². The Kier molecular flexibility index (Phi) is 6.87. The number of rotatable bonds is 4. The van der Waals surface area contributed by atoms with Gasteiger partial charge in [0.05, 0.1) is 0 Å². The maximum absolute atomic E-state index is 9.30. The minimum absolute atomic E-state index is 0. The van der Waals surface area contributed by atoms with Crippen molar-refractivity contribution in [2.24, 2.45) is 0 Å². The molecule has 1 nitrogen and oxygen atoms in total. The molecule has 0 bridgehead atoms. The monoisotopic (exact) mass is 496 g/mol. The number of allylic oxidation sites excluding steroid dienone is 3. The van der Waals surface area contributed by atoms with Gasteiger partial charge < -0.3 is 0 Å². The predicted octanol–water partition coefficient (Wildman–Crippen LogP) is 5.53. The molecule has 0 atom stereocenters. The van der Waals surface area contributed by atoms with Crippen molar-refractivity contribution in [1.82, 2.24) is 0 Å². The van der Waals surface area contributed by atoms with E-state index in [0.717, 1.165) is 12.8 Å². The third-order valence-corrected chi connectivity index (χ3v) is 23.4. The average Bonchev–Trinajstić information content (AvgIpc) is 3.18. The Balaban J connectivity index is 0.00000131. The number of fused-ring (bicyclic) bond motifs is 3. The van der Waals surface area contributed by atoms with E-state index in [4.69, 9.17) is 0 Å². The molecule has 0 heterocycles. The summed E-state index contributed by atoms with van der Waals surface area (Å²) in [7, 11) is 0. The van der Waals surface area contributed by atoms with Crippen molar-refractivity contribution < 1.29 is 22.5 Å². The number of benzene rings is 2. The van der Waals surface area contributed by atoms with Gasteiger partial charge in [0.25, 0.3) is 0 Å². The zero-order chi connectivity index (χ0) is 17.7. The van der Waals surface area contributed by atoms with Gasteiger partial charge in [-0.15, -0.1) is 24.8 Å². The van der Waals surface area contributed by atoms with Crippen LogP contribution in [0.3, 0.4) is 0 Å². The van der Waals surface area contributed by atoms with E-state index in [2.05, 4.69) is 76.8 Å². The summed E-state index contributed by atoms with van der Waals surface area (Å²) < 4.78 is 7.47. The molecule has 0 aromatic heterocycles. The molecule has 0 aliphatic heterocycles. The van der Waals surface area contributed by atoms with Crippen LogP contribution in [0.15, 0.2) is 69.5 Å². The number of hydrogen-bond donors (Lipinski definition) is 1. The van der Waals surface area contributed by atoms with Crippen LogP contribution in [0.4, 0.5) is 0 Å². The van der Waals surface area contributed by atoms with Crippen LogP contribution in [-0.2, 0) is 17.4 Å². The fourth-order valence-corrected chi connectivity index (χ4v) is 19.4. The Hall–Kier alpha value is -0.440. The SMILES string of the molecule is Cl.Cl.[CH3][Zr]([CH3])(=[SiH2])([C]1=CC(CCO)=CC1)[CH]1c2ccccc2-c2ccccc21. The molecular weight excluding hydrogens is 470 g/mol. The molecule has 0 fully saturated rings. The number of halogens is 2. The summed E-state index contributed by atoms with van der Waals surface area (Å²) >= 11 is -3.22. The van der Waals surface area contributed by atoms with E-state index in [-0.39, 0.29) is 31.4 Å². The summed E-state index contributed by atoms with van der Waals surface area (Å²) in [4.78, 5) is 0. The van der Waals surface area contributed by atoms with Crippen molar-refractivity contribution in [3.05, 3.63) is 80.7 Å². The first-order valence-corrected chi connectivity index (χ1v) is 22.7. The molecule has 0 unspecified atom stereocenters. The maximum atomic E-state index is 9.30. The van der Waals surface area contributed by atoms with E-state index >= 15 is 0 Å². The normalized spacial score (nSPS) is 15.9. The first kappa shape index (κ1) is 22.8. The van der Waals surface area contributed by atoms with Gasteiger partial charge in [0.15, 0.2) is 0 Å². The van der Waals surface area contributed by atoms with Crippen molar-refractivity contribution in [2.75, 3.05) is 6.61 Å². The molecule has 1 N–H and O–H groups in total. The van der Waals surface area contributed by atoms with Crippen LogP contribution in [0.1, 0.15) is 27.6 Å². The van der Waals surface area contributed by atoms with Crippen molar-refractivity contribution in [1.29, 1.82) is 0 Å². The first-order valence-electron chi connectivity index (χ1n) is 9.17. The quantitative estimate of drug-likeness (QED) is 0.550. The van der Waals surface area contributed by atoms with E-state index in [9.17, 15) is 5.11 Å². The molecule has 0 saturated carbocycles. The third-order valence-electron chi connectivity index (χ3n) is 6.16. The molecule has 0 radical (unpaired) electrons. The van der Waals surface area contributed by atoms with Crippen molar-refractivity contribution in [2.45, 2.75) is 25.7 Å². The van der Waals surface area contributed by atoms with Crippen LogP contribution in [0, 0.1) is 0 Å². The van der Waals surface area contributed by atoms with Gasteiger partial charge in [0, 0.05) is 0 Å². The van der Waals surface area contributed by atoms with Gasteiger partial charge in [0.2, 0.25) is 0 Å². The molecule has 0 amide bonds. The fraction of sp³-hybridized carbons (Fsp3) is 0.273. The Morgan fingerprint density at radius 2 is 1.48 bits per heavy atom.